The van der Waals surface area contributed by atoms with Crippen LogP contribution in [0.4, 0.5) is 0 Å². The van der Waals surface area contributed by atoms with Crippen LogP contribution in [0.25, 0.3) is 0 Å². The second-order valence-electron chi connectivity index (χ2n) is 8.98. The number of aliphatic hydroxyl groups is 2. The zero-order chi connectivity index (χ0) is 20.4. The molecule has 1 fully saturated rings. The van der Waals surface area contributed by atoms with Crippen LogP contribution in [0.2, 0.25) is 0 Å². The van der Waals surface area contributed by atoms with Crippen molar-refractivity contribution in [3.63, 3.8) is 0 Å². The Labute approximate surface area is 169 Å². The van der Waals surface area contributed by atoms with E-state index in [1.165, 1.54) is 5.56 Å². The minimum absolute atomic E-state index is 0.212. The highest BCUT2D eigenvalue weighted by Gasteiger charge is 2.55. The largest absolute Gasteiger partial charge is 0.396 e. The SMILES string of the molecule is CC(C)c1ccc(C(O)(c2cncc(CCCCO)c2)C2(C)CN(C)C2)cc1. The number of hydrogen-bond acceptors (Lipinski definition) is 4. The smallest absolute Gasteiger partial charge is 0.124 e. The molecule has 1 aromatic heterocycles. The molecule has 2 N–H and O–H groups in total. The number of pyridine rings is 1. The number of benzene rings is 1. The highest BCUT2D eigenvalue weighted by atomic mass is 16.3. The summed E-state index contributed by atoms with van der Waals surface area (Å²) < 4.78 is 0. The number of likely N-dealkylation sites (tertiary alicyclic amines) is 1. The van der Waals surface area contributed by atoms with Crippen LogP contribution in [0.1, 0.15) is 61.8 Å². The average Bonchev–Trinajstić information content (AvgIpc) is 2.66. The lowest BCUT2D eigenvalue weighted by Gasteiger charge is -2.56. The van der Waals surface area contributed by atoms with E-state index in [1.807, 2.05) is 12.4 Å². The zero-order valence-corrected chi connectivity index (χ0v) is 17.7. The van der Waals surface area contributed by atoms with Gasteiger partial charge in [-0.3, -0.25) is 4.98 Å². The highest BCUT2D eigenvalue weighted by molar-refractivity contribution is 5.41. The predicted molar refractivity (Wildman–Crippen MR) is 113 cm³/mol. The lowest BCUT2D eigenvalue weighted by atomic mass is 9.62. The number of aryl methyl sites for hydroxylation is 1. The Balaban J connectivity index is 2.01. The van der Waals surface area contributed by atoms with Gasteiger partial charge in [0.1, 0.15) is 5.60 Å². The van der Waals surface area contributed by atoms with E-state index in [9.17, 15) is 5.11 Å². The molecule has 1 unspecified atom stereocenters. The van der Waals surface area contributed by atoms with E-state index in [-0.39, 0.29) is 12.0 Å². The Hall–Kier alpha value is -1.75. The quantitative estimate of drug-likeness (QED) is 0.684. The number of nitrogens with zero attached hydrogens (tertiary/aromatic N) is 2. The highest BCUT2D eigenvalue weighted by Crippen LogP contribution is 2.50. The molecule has 3 rings (SSSR count). The van der Waals surface area contributed by atoms with Crippen molar-refractivity contribution in [2.24, 2.45) is 5.41 Å². The third kappa shape index (κ3) is 3.86. The molecule has 1 aliphatic heterocycles. The zero-order valence-electron chi connectivity index (χ0n) is 17.7. The molecule has 1 saturated heterocycles. The molecule has 4 nitrogen and oxygen atoms in total. The van der Waals surface area contributed by atoms with Gasteiger partial charge in [-0.15, -0.1) is 0 Å². The molecule has 0 radical (unpaired) electrons. The van der Waals surface area contributed by atoms with Crippen LogP contribution in [0.15, 0.2) is 42.7 Å². The molecule has 0 aliphatic carbocycles. The lowest BCUT2D eigenvalue weighted by molar-refractivity contribution is -0.127. The van der Waals surface area contributed by atoms with Gasteiger partial charge in [-0.1, -0.05) is 45.0 Å². The van der Waals surface area contributed by atoms with E-state index >= 15 is 0 Å². The molecule has 2 heterocycles. The topological polar surface area (TPSA) is 56.6 Å². The first-order valence-electron chi connectivity index (χ1n) is 10.4. The van der Waals surface area contributed by atoms with Crippen LogP contribution >= 0.6 is 0 Å². The van der Waals surface area contributed by atoms with E-state index in [0.29, 0.717) is 5.92 Å². The minimum Gasteiger partial charge on any atom is -0.396 e. The molecule has 4 heteroatoms. The molecular formula is C24H34N2O2. The summed E-state index contributed by atoms with van der Waals surface area (Å²) in [6.45, 7) is 8.42. The second kappa shape index (κ2) is 8.32. The van der Waals surface area contributed by atoms with Gasteiger partial charge in [0.05, 0.1) is 0 Å². The van der Waals surface area contributed by atoms with Gasteiger partial charge in [-0.2, -0.15) is 0 Å². The average molecular weight is 383 g/mol. The van der Waals surface area contributed by atoms with Gasteiger partial charge in [0.2, 0.25) is 0 Å². The van der Waals surface area contributed by atoms with Crippen LogP contribution in [-0.4, -0.2) is 46.8 Å². The minimum atomic E-state index is -1.09. The fourth-order valence-corrected chi connectivity index (χ4v) is 4.61. The summed E-state index contributed by atoms with van der Waals surface area (Å²) in [5, 5.41) is 21.2. The Morgan fingerprint density at radius 1 is 1.11 bits per heavy atom. The van der Waals surface area contributed by atoms with Gasteiger partial charge in [0.15, 0.2) is 0 Å². The summed E-state index contributed by atoms with van der Waals surface area (Å²) >= 11 is 0. The molecule has 0 saturated carbocycles. The third-order valence-electron chi connectivity index (χ3n) is 6.19. The molecule has 1 atom stereocenters. The number of aromatic nitrogens is 1. The van der Waals surface area contributed by atoms with E-state index in [4.69, 9.17) is 5.11 Å². The first-order chi connectivity index (χ1) is 13.3. The van der Waals surface area contributed by atoms with Crippen molar-refractivity contribution < 1.29 is 10.2 Å². The van der Waals surface area contributed by atoms with Crippen molar-refractivity contribution in [2.45, 2.75) is 51.6 Å². The molecule has 2 aromatic rings. The molecule has 28 heavy (non-hydrogen) atoms. The summed E-state index contributed by atoms with van der Waals surface area (Å²) in [7, 11) is 2.09. The Bertz CT molecular complexity index is 781. The number of rotatable bonds is 8. The standard InChI is InChI=1S/C24H34N2O2/c1-18(2)20-8-10-21(11-9-20)24(28,23(3)16-26(4)17-23)22-13-19(14-25-15-22)7-5-6-12-27/h8-11,13-15,18,27-28H,5-7,12,16-17H2,1-4H3. The summed E-state index contributed by atoms with van der Waals surface area (Å²) in [5.74, 6) is 0.462. The van der Waals surface area contributed by atoms with Gasteiger partial charge in [0, 0.05) is 43.1 Å². The van der Waals surface area contributed by atoms with Crippen LogP contribution in [0.5, 0.6) is 0 Å². The normalized spacial score (nSPS) is 18.7. The van der Waals surface area contributed by atoms with Gasteiger partial charge in [-0.05, 0) is 55.0 Å². The fraction of sp³-hybridized carbons (Fsp3) is 0.542. The first kappa shape index (κ1) is 21.0. The molecular weight excluding hydrogens is 348 g/mol. The van der Waals surface area contributed by atoms with Crippen molar-refractivity contribution in [1.82, 2.24) is 9.88 Å². The van der Waals surface area contributed by atoms with Crippen molar-refractivity contribution >= 4 is 0 Å². The maximum absolute atomic E-state index is 12.2. The summed E-state index contributed by atoms with van der Waals surface area (Å²) in [4.78, 5) is 6.70. The van der Waals surface area contributed by atoms with Crippen LogP contribution in [0, 0.1) is 5.41 Å². The van der Waals surface area contributed by atoms with Crippen LogP contribution in [-0.2, 0) is 12.0 Å². The molecule has 0 amide bonds. The van der Waals surface area contributed by atoms with Crippen LogP contribution in [0.3, 0.4) is 0 Å². The van der Waals surface area contributed by atoms with Gasteiger partial charge in [-0.25, -0.2) is 0 Å². The van der Waals surface area contributed by atoms with E-state index in [1.54, 1.807) is 0 Å². The monoisotopic (exact) mass is 382 g/mol. The lowest BCUT2D eigenvalue weighted by Crippen LogP contribution is -2.63. The third-order valence-corrected chi connectivity index (χ3v) is 6.19. The Morgan fingerprint density at radius 3 is 2.36 bits per heavy atom. The van der Waals surface area contributed by atoms with E-state index < -0.39 is 5.60 Å². The van der Waals surface area contributed by atoms with Gasteiger partial charge >= 0.3 is 0 Å². The number of unbranched alkanes of at least 4 members (excludes halogenated alkanes) is 1. The molecule has 1 aliphatic rings. The number of aliphatic hydroxyl groups excluding tert-OH is 1. The molecule has 0 bridgehead atoms. The van der Waals surface area contributed by atoms with Crippen molar-refractivity contribution in [3.05, 3.63) is 65.0 Å². The van der Waals surface area contributed by atoms with Gasteiger partial charge in [0.25, 0.3) is 0 Å². The maximum atomic E-state index is 12.2. The fourth-order valence-electron chi connectivity index (χ4n) is 4.61. The van der Waals surface area contributed by atoms with E-state index in [2.05, 4.69) is 68.0 Å². The molecule has 0 spiro atoms. The summed E-state index contributed by atoms with van der Waals surface area (Å²) in [6.07, 6.45) is 6.26. The predicted octanol–water partition coefficient (Wildman–Crippen LogP) is 3.71. The first-order valence-corrected chi connectivity index (χ1v) is 10.4. The Kier molecular flexibility index (Phi) is 6.23. The maximum Gasteiger partial charge on any atom is 0.124 e. The molecule has 152 valence electrons. The Morgan fingerprint density at radius 2 is 1.79 bits per heavy atom. The summed E-state index contributed by atoms with van der Waals surface area (Å²) in [5.41, 5.74) is 2.82. The van der Waals surface area contributed by atoms with Crippen molar-refractivity contribution in [3.8, 4) is 0 Å². The molecule has 1 aromatic carbocycles. The van der Waals surface area contributed by atoms with E-state index in [0.717, 1.165) is 49.0 Å². The van der Waals surface area contributed by atoms with Crippen molar-refractivity contribution in [1.29, 1.82) is 0 Å². The second-order valence-corrected chi connectivity index (χ2v) is 8.98. The van der Waals surface area contributed by atoms with Crippen molar-refractivity contribution in [2.75, 3.05) is 26.7 Å². The van der Waals surface area contributed by atoms with Gasteiger partial charge < -0.3 is 15.1 Å². The van der Waals surface area contributed by atoms with Crippen LogP contribution < -0.4 is 0 Å². The summed E-state index contributed by atoms with van der Waals surface area (Å²) in [6, 6.07) is 10.5. The number of hydrogen-bond donors (Lipinski definition) is 2.